The summed E-state index contributed by atoms with van der Waals surface area (Å²) in [5, 5.41) is 11.6. The number of nitrogens with one attached hydrogen (secondary N) is 1. The highest BCUT2D eigenvalue weighted by atomic mass is 127. The third kappa shape index (κ3) is 2.65. The van der Waals surface area contributed by atoms with Gasteiger partial charge in [-0.05, 0) is 59.0 Å². The zero-order chi connectivity index (χ0) is 18.4. The van der Waals surface area contributed by atoms with Crippen molar-refractivity contribution in [2.24, 2.45) is 0 Å². The second-order valence-electron chi connectivity index (χ2n) is 5.56. The van der Waals surface area contributed by atoms with Crippen LogP contribution in [0.5, 0.6) is 0 Å². The molecule has 0 unspecified atom stereocenters. The molecule has 2 aliphatic heterocycles. The van der Waals surface area contributed by atoms with Gasteiger partial charge in [0.15, 0.2) is 5.82 Å². The van der Waals surface area contributed by atoms with Crippen molar-refractivity contribution in [3.05, 3.63) is 83.1 Å². The van der Waals surface area contributed by atoms with Gasteiger partial charge in [0.2, 0.25) is 0 Å². The van der Waals surface area contributed by atoms with Gasteiger partial charge >= 0.3 is 5.69 Å². The Kier molecular flexibility index (Phi) is 3.80. The molecule has 9 heteroatoms. The number of rotatable bonds is 2. The first kappa shape index (κ1) is 16.4. The summed E-state index contributed by atoms with van der Waals surface area (Å²) in [6.07, 6.45) is 0. The van der Waals surface area contributed by atoms with E-state index < -0.39 is 16.2 Å². The van der Waals surface area contributed by atoms with E-state index in [9.17, 15) is 19.7 Å². The van der Waals surface area contributed by atoms with Crippen LogP contribution in [0.3, 0.4) is 0 Å². The number of aromatic nitrogens is 3. The molecule has 0 saturated heterocycles. The number of H-pyrrole nitrogens is 1. The van der Waals surface area contributed by atoms with Gasteiger partial charge in [-0.1, -0.05) is 0 Å². The maximum absolute atomic E-state index is 12.3. The van der Waals surface area contributed by atoms with E-state index in [1.165, 1.54) is 18.2 Å². The Morgan fingerprint density at radius 1 is 1.08 bits per heavy atom. The smallest absolute Gasteiger partial charge is 0.294 e. The first-order valence-corrected chi connectivity index (χ1v) is 8.52. The van der Waals surface area contributed by atoms with Gasteiger partial charge in [-0.3, -0.25) is 24.5 Å². The Labute approximate surface area is 158 Å². The second-order valence-corrected chi connectivity index (χ2v) is 6.81. The quantitative estimate of drug-likeness (QED) is 0.214. The lowest BCUT2D eigenvalue weighted by Gasteiger charge is -2.17. The summed E-state index contributed by atoms with van der Waals surface area (Å²) < 4.78 is 2.67. The first-order chi connectivity index (χ1) is 12.4. The topological polar surface area (TPSA) is 111 Å². The van der Waals surface area contributed by atoms with Crippen LogP contribution in [0, 0.1) is 13.7 Å². The molecule has 0 radical (unpaired) electrons. The molecule has 26 heavy (non-hydrogen) atoms. The Bertz CT molecular complexity index is 1260. The second kappa shape index (κ2) is 6.02. The standard InChI is InChI=1S/C17H9IN4O4/c18-10-1-3-11(4-2-10)21-14-6-5-12(22(25)26)7-9(14)8-13-15(21)19-17(24)20-16(13)23/h1-8H,(H,20,23,24). The number of aromatic amines is 1. The van der Waals surface area contributed by atoms with E-state index in [-0.39, 0.29) is 17.1 Å². The van der Waals surface area contributed by atoms with Crippen molar-refractivity contribution in [2.45, 2.75) is 0 Å². The normalized spacial score (nSPS) is 11.1. The van der Waals surface area contributed by atoms with Crippen molar-refractivity contribution in [3.63, 3.8) is 0 Å². The predicted octanol–water partition coefficient (Wildman–Crippen LogP) is 2.69. The van der Waals surface area contributed by atoms with Crippen LogP contribution in [0.4, 0.5) is 5.69 Å². The third-order valence-electron chi connectivity index (χ3n) is 3.97. The highest BCUT2D eigenvalue weighted by Crippen LogP contribution is 2.30. The van der Waals surface area contributed by atoms with Crippen LogP contribution < -0.4 is 11.2 Å². The largest absolute Gasteiger partial charge is 0.349 e. The minimum absolute atomic E-state index is 0.0872. The van der Waals surface area contributed by atoms with Gasteiger partial charge in [0.1, 0.15) is 0 Å². The summed E-state index contributed by atoms with van der Waals surface area (Å²) in [5.41, 5.74) is 0.0388. The number of benzene rings is 2. The summed E-state index contributed by atoms with van der Waals surface area (Å²) in [4.78, 5) is 40.7. The van der Waals surface area contributed by atoms with Gasteiger partial charge in [-0.25, -0.2) is 4.79 Å². The molecule has 128 valence electrons. The Balaban J connectivity index is 2.20. The van der Waals surface area contributed by atoms with Gasteiger partial charge in [0.05, 0.1) is 16.0 Å². The zero-order valence-corrected chi connectivity index (χ0v) is 15.1. The SMILES string of the molecule is O=c1nc2n(-c3ccc(I)cc3)c3ccc([N+](=O)[O-])cc3cc-2c(=O)[nH]1. The average molecular weight is 460 g/mol. The van der Waals surface area contributed by atoms with E-state index in [1.807, 2.05) is 24.3 Å². The number of fused-ring (bicyclic) bond motifs is 2. The summed E-state index contributed by atoms with van der Waals surface area (Å²) >= 11 is 2.17. The first-order valence-electron chi connectivity index (χ1n) is 7.44. The highest BCUT2D eigenvalue weighted by molar-refractivity contribution is 14.1. The van der Waals surface area contributed by atoms with Gasteiger partial charge in [0.25, 0.3) is 11.2 Å². The summed E-state index contributed by atoms with van der Waals surface area (Å²) in [5.74, 6) is 0.196. The third-order valence-corrected chi connectivity index (χ3v) is 4.69. The van der Waals surface area contributed by atoms with E-state index in [1.54, 1.807) is 10.6 Å². The number of hydrogen-bond donors (Lipinski definition) is 1. The number of hydrogen-bond acceptors (Lipinski definition) is 5. The molecule has 0 aromatic heterocycles. The molecule has 0 saturated carbocycles. The van der Waals surface area contributed by atoms with Crippen molar-refractivity contribution < 1.29 is 4.92 Å². The summed E-state index contributed by atoms with van der Waals surface area (Å²) in [6, 6.07) is 13.3. The molecule has 0 atom stereocenters. The number of nitro groups is 1. The van der Waals surface area contributed by atoms with Gasteiger partial charge in [-0.2, -0.15) is 4.98 Å². The molecular weight excluding hydrogens is 451 g/mol. The maximum Gasteiger partial charge on any atom is 0.349 e. The van der Waals surface area contributed by atoms with Crippen LogP contribution in [0.1, 0.15) is 0 Å². The Morgan fingerprint density at radius 2 is 1.81 bits per heavy atom. The average Bonchev–Trinajstić information content (AvgIpc) is 2.60. The molecule has 0 amide bonds. The zero-order valence-electron chi connectivity index (χ0n) is 13.0. The van der Waals surface area contributed by atoms with Gasteiger partial charge in [0, 0.05) is 26.8 Å². The molecular formula is C17H9IN4O4. The fourth-order valence-corrected chi connectivity index (χ4v) is 3.21. The molecule has 1 N–H and O–H groups in total. The van der Waals surface area contributed by atoms with Crippen molar-refractivity contribution in [1.29, 1.82) is 0 Å². The molecule has 2 aliphatic rings. The van der Waals surface area contributed by atoms with E-state index in [4.69, 9.17) is 0 Å². The monoisotopic (exact) mass is 460 g/mol. The number of non-ortho nitro benzene ring substituents is 1. The Hall–Kier alpha value is -3.08. The molecule has 0 spiro atoms. The minimum Gasteiger partial charge on any atom is -0.294 e. The molecule has 2 heterocycles. The van der Waals surface area contributed by atoms with Crippen LogP contribution in [0.15, 0.2) is 58.1 Å². The van der Waals surface area contributed by atoms with E-state index in [2.05, 4.69) is 32.6 Å². The van der Waals surface area contributed by atoms with Gasteiger partial charge < -0.3 is 0 Å². The highest BCUT2D eigenvalue weighted by Gasteiger charge is 2.19. The van der Waals surface area contributed by atoms with Crippen molar-refractivity contribution in [3.8, 4) is 17.1 Å². The van der Waals surface area contributed by atoms with Crippen molar-refractivity contribution >= 4 is 39.2 Å². The van der Waals surface area contributed by atoms with E-state index >= 15 is 0 Å². The molecule has 8 nitrogen and oxygen atoms in total. The number of pyridine rings is 1. The lowest BCUT2D eigenvalue weighted by atomic mass is 10.1. The van der Waals surface area contributed by atoms with Crippen LogP contribution in [0.2, 0.25) is 0 Å². The fourth-order valence-electron chi connectivity index (χ4n) is 2.85. The maximum atomic E-state index is 12.3. The van der Waals surface area contributed by atoms with Gasteiger partial charge in [-0.15, -0.1) is 0 Å². The summed E-state index contributed by atoms with van der Waals surface area (Å²) in [7, 11) is 0. The van der Waals surface area contributed by atoms with Crippen LogP contribution in [-0.2, 0) is 0 Å². The van der Waals surface area contributed by atoms with Crippen LogP contribution in [0.25, 0.3) is 28.0 Å². The van der Waals surface area contributed by atoms with Crippen LogP contribution in [-0.4, -0.2) is 19.5 Å². The number of nitro benzene ring substituents is 1. The molecule has 2 aromatic carbocycles. The lowest BCUT2D eigenvalue weighted by Crippen LogP contribution is -2.27. The van der Waals surface area contributed by atoms with Crippen LogP contribution >= 0.6 is 22.6 Å². The molecule has 0 fully saturated rings. The molecule has 0 aliphatic carbocycles. The van der Waals surface area contributed by atoms with E-state index in [0.717, 1.165) is 3.57 Å². The number of nitrogens with zero attached hydrogens (tertiary/aromatic N) is 3. The number of halogens is 1. The molecule has 4 rings (SSSR count). The van der Waals surface area contributed by atoms with Crippen molar-refractivity contribution in [2.75, 3.05) is 0 Å². The molecule has 2 aromatic rings. The summed E-state index contributed by atoms with van der Waals surface area (Å²) in [6.45, 7) is 0. The Morgan fingerprint density at radius 3 is 2.50 bits per heavy atom. The lowest BCUT2D eigenvalue weighted by molar-refractivity contribution is -0.384. The van der Waals surface area contributed by atoms with E-state index in [0.29, 0.717) is 16.6 Å². The minimum atomic E-state index is -0.747. The van der Waals surface area contributed by atoms with Crippen molar-refractivity contribution in [1.82, 2.24) is 14.5 Å². The fraction of sp³-hybridized carbons (Fsp3) is 0. The molecule has 0 bridgehead atoms. The predicted molar refractivity (Wildman–Crippen MR) is 104 cm³/mol.